The molecule has 16 heavy (non-hydrogen) atoms. The number of benzene rings is 1. The van der Waals surface area contributed by atoms with Gasteiger partial charge in [0.05, 0.1) is 0 Å². The van der Waals surface area contributed by atoms with Crippen LogP contribution in [0.5, 0.6) is 0 Å². The Kier molecular flexibility index (Phi) is 2.50. The summed E-state index contributed by atoms with van der Waals surface area (Å²) >= 11 is 0. The summed E-state index contributed by atoms with van der Waals surface area (Å²) in [5, 5.41) is 15.2. The van der Waals surface area contributed by atoms with Gasteiger partial charge in [0.2, 0.25) is 5.95 Å². The van der Waals surface area contributed by atoms with E-state index in [0.29, 0.717) is 11.3 Å². The molecule has 2 aromatic rings. The number of tetrazole rings is 1. The number of nitrogens with zero attached hydrogens (tertiary/aromatic N) is 3. The molecule has 7 nitrogen and oxygen atoms in total. The number of anilines is 2. The van der Waals surface area contributed by atoms with Gasteiger partial charge < -0.3 is 5.73 Å². The van der Waals surface area contributed by atoms with E-state index in [0.717, 1.165) is 5.56 Å². The molecule has 82 valence electrons. The number of nitrogens with one attached hydrogen (secondary N) is 2. The van der Waals surface area contributed by atoms with Gasteiger partial charge in [-0.3, -0.25) is 10.1 Å². The second-order valence-electron chi connectivity index (χ2n) is 3.28. The van der Waals surface area contributed by atoms with Gasteiger partial charge in [-0.1, -0.05) is 5.10 Å². The van der Waals surface area contributed by atoms with Crippen LogP contribution in [0, 0.1) is 6.92 Å². The normalized spacial score (nSPS) is 10.1. The van der Waals surface area contributed by atoms with Crippen LogP contribution < -0.4 is 11.1 Å². The van der Waals surface area contributed by atoms with Gasteiger partial charge in [-0.05, 0) is 41.1 Å². The fourth-order valence-electron chi connectivity index (χ4n) is 1.33. The summed E-state index contributed by atoms with van der Waals surface area (Å²) in [5.41, 5.74) is 7.54. The number of nitrogen functional groups attached to an aromatic ring is 1. The number of aromatic amines is 1. The number of aryl methyl sites for hydroxylation is 1. The summed E-state index contributed by atoms with van der Waals surface area (Å²) in [4.78, 5) is 11.8. The van der Waals surface area contributed by atoms with Crippen molar-refractivity contribution < 1.29 is 4.79 Å². The zero-order valence-electron chi connectivity index (χ0n) is 8.56. The fraction of sp³-hybridized carbons (Fsp3) is 0.111. The average molecular weight is 218 g/mol. The van der Waals surface area contributed by atoms with Crippen molar-refractivity contribution in [2.45, 2.75) is 6.92 Å². The summed E-state index contributed by atoms with van der Waals surface area (Å²) in [6, 6.07) is 5.05. The van der Waals surface area contributed by atoms with Gasteiger partial charge >= 0.3 is 0 Å². The highest BCUT2D eigenvalue weighted by atomic mass is 16.1. The fourth-order valence-corrected chi connectivity index (χ4v) is 1.33. The summed E-state index contributed by atoms with van der Waals surface area (Å²) < 4.78 is 0. The van der Waals surface area contributed by atoms with Crippen molar-refractivity contribution >= 4 is 17.5 Å². The molecule has 0 saturated carbocycles. The summed E-state index contributed by atoms with van der Waals surface area (Å²) in [5.74, 6) is -0.0720. The number of H-pyrrole nitrogens is 1. The summed E-state index contributed by atoms with van der Waals surface area (Å²) in [7, 11) is 0. The molecular formula is C9H10N6O. The van der Waals surface area contributed by atoms with E-state index in [2.05, 4.69) is 25.9 Å². The van der Waals surface area contributed by atoms with E-state index < -0.39 is 0 Å². The Morgan fingerprint density at radius 3 is 2.94 bits per heavy atom. The van der Waals surface area contributed by atoms with Gasteiger partial charge in [0, 0.05) is 11.3 Å². The van der Waals surface area contributed by atoms with Gasteiger partial charge in [0.15, 0.2) is 0 Å². The molecule has 0 saturated heterocycles. The molecule has 0 unspecified atom stereocenters. The molecule has 1 aromatic carbocycles. The largest absolute Gasteiger partial charge is 0.399 e. The van der Waals surface area contributed by atoms with Gasteiger partial charge in [0.1, 0.15) is 0 Å². The first-order chi connectivity index (χ1) is 7.66. The van der Waals surface area contributed by atoms with Crippen molar-refractivity contribution in [3.8, 4) is 0 Å². The molecule has 1 aromatic heterocycles. The van der Waals surface area contributed by atoms with Crippen molar-refractivity contribution in [3.63, 3.8) is 0 Å². The lowest BCUT2D eigenvalue weighted by Crippen LogP contribution is -2.14. The molecule has 0 fully saturated rings. The number of hydrogen-bond donors (Lipinski definition) is 3. The van der Waals surface area contributed by atoms with E-state index in [9.17, 15) is 4.79 Å². The highest BCUT2D eigenvalue weighted by Crippen LogP contribution is 2.13. The number of hydrogen-bond acceptors (Lipinski definition) is 5. The van der Waals surface area contributed by atoms with Gasteiger partial charge in [0.25, 0.3) is 5.91 Å². The molecular weight excluding hydrogens is 208 g/mol. The van der Waals surface area contributed by atoms with Crippen LogP contribution in [0.2, 0.25) is 0 Å². The zero-order valence-corrected chi connectivity index (χ0v) is 8.56. The average Bonchev–Trinajstić information content (AvgIpc) is 2.70. The lowest BCUT2D eigenvalue weighted by Gasteiger charge is -2.05. The minimum atomic E-state index is -0.281. The topological polar surface area (TPSA) is 110 Å². The third-order valence-electron chi connectivity index (χ3n) is 2.07. The van der Waals surface area contributed by atoms with Crippen LogP contribution in [0.1, 0.15) is 15.9 Å². The monoisotopic (exact) mass is 218 g/mol. The molecule has 7 heteroatoms. The Hall–Kier alpha value is -2.44. The van der Waals surface area contributed by atoms with E-state index in [1.807, 2.05) is 6.92 Å². The standard InChI is InChI=1S/C9H10N6O/c1-5-4-6(10)2-3-7(5)8(16)11-9-12-14-15-13-9/h2-4H,10H2,1H3,(H2,11,12,13,14,15,16). The minimum Gasteiger partial charge on any atom is -0.399 e. The molecule has 1 amide bonds. The maximum atomic E-state index is 11.8. The lowest BCUT2D eigenvalue weighted by atomic mass is 10.1. The van der Waals surface area contributed by atoms with Crippen LogP contribution in [-0.4, -0.2) is 26.5 Å². The molecule has 0 bridgehead atoms. The lowest BCUT2D eigenvalue weighted by molar-refractivity contribution is 0.102. The van der Waals surface area contributed by atoms with Gasteiger partial charge in [-0.2, -0.15) is 0 Å². The highest BCUT2D eigenvalue weighted by molar-refractivity contribution is 6.04. The number of nitrogens with two attached hydrogens (primary N) is 1. The van der Waals surface area contributed by atoms with Crippen molar-refractivity contribution in [1.82, 2.24) is 20.6 Å². The molecule has 0 atom stereocenters. The van der Waals surface area contributed by atoms with Crippen LogP contribution in [-0.2, 0) is 0 Å². The molecule has 2 rings (SSSR count). The summed E-state index contributed by atoms with van der Waals surface area (Å²) in [6.45, 7) is 1.81. The van der Waals surface area contributed by atoms with E-state index in [1.165, 1.54) is 0 Å². The van der Waals surface area contributed by atoms with E-state index >= 15 is 0 Å². The molecule has 0 aliphatic heterocycles. The molecule has 0 radical (unpaired) electrons. The predicted molar refractivity (Wildman–Crippen MR) is 57.7 cm³/mol. The number of rotatable bonds is 2. The van der Waals surface area contributed by atoms with Crippen molar-refractivity contribution in [3.05, 3.63) is 29.3 Å². The summed E-state index contributed by atoms with van der Waals surface area (Å²) in [6.07, 6.45) is 0. The van der Waals surface area contributed by atoms with Crippen LogP contribution in [0.3, 0.4) is 0 Å². The second-order valence-corrected chi connectivity index (χ2v) is 3.28. The molecule has 0 spiro atoms. The van der Waals surface area contributed by atoms with Crippen LogP contribution in [0.4, 0.5) is 11.6 Å². The van der Waals surface area contributed by atoms with Crippen LogP contribution in [0.15, 0.2) is 18.2 Å². The maximum absolute atomic E-state index is 11.8. The van der Waals surface area contributed by atoms with E-state index in [-0.39, 0.29) is 11.9 Å². The van der Waals surface area contributed by atoms with Crippen molar-refractivity contribution in [1.29, 1.82) is 0 Å². The first-order valence-corrected chi connectivity index (χ1v) is 4.58. The first-order valence-electron chi connectivity index (χ1n) is 4.58. The van der Waals surface area contributed by atoms with Gasteiger partial charge in [-0.25, -0.2) is 5.10 Å². The van der Waals surface area contributed by atoms with Crippen molar-refractivity contribution in [2.24, 2.45) is 0 Å². The van der Waals surface area contributed by atoms with E-state index in [1.54, 1.807) is 18.2 Å². The maximum Gasteiger partial charge on any atom is 0.258 e. The third kappa shape index (κ3) is 1.97. The number of carbonyl (C=O) groups is 1. The third-order valence-corrected chi connectivity index (χ3v) is 2.07. The Morgan fingerprint density at radius 2 is 2.31 bits per heavy atom. The van der Waals surface area contributed by atoms with Crippen LogP contribution in [0.25, 0.3) is 0 Å². The smallest absolute Gasteiger partial charge is 0.258 e. The first kappa shape index (κ1) is 10.1. The van der Waals surface area contributed by atoms with Gasteiger partial charge in [-0.15, -0.1) is 0 Å². The Bertz CT molecular complexity index is 507. The van der Waals surface area contributed by atoms with E-state index in [4.69, 9.17) is 5.73 Å². The molecule has 0 aliphatic carbocycles. The quantitative estimate of drug-likeness (QED) is 0.630. The number of amides is 1. The SMILES string of the molecule is Cc1cc(N)ccc1C(=O)Nc1nnn[nH]1. The Labute approximate surface area is 91.0 Å². The molecule has 4 N–H and O–H groups in total. The Morgan fingerprint density at radius 1 is 1.50 bits per heavy atom. The Balaban J connectivity index is 2.21. The van der Waals surface area contributed by atoms with Crippen LogP contribution >= 0.6 is 0 Å². The second kappa shape index (κ2) is 3.97. The predicted octanol–water partition coefficient (Wildman–Crippen LogP) is 0.343. The highest BCUT2D eigenvalue weighted by Gasteiger charge is 2.10. The zero-order chi connectivity index (χ0) is 11.5. The number of carbonyl (C=O) groups excluding carboxylic acids is 1. The van der Waals surface area contributed by atoms with Crippen molar-refractivity contribution in [2.75, 3.05) is 11.1 Å². The molecule has 1 heterocycles. The molecule has 0 aliphatic rings. The number of aromatic nitrogens is 4. The minimum absolute atomic E-state index is 0.209.